The zero-order valence-electron chi connectivity index (χ0n) is 13.7. The maximum absolute atomic E-state index is 13.5. The summed E-state index contributed by atoms with van der Waals surface area (Å²) in [6.07, 6.45) is 4.57. The van der Waals surface area contributed by atoms with Crippen LogP contribution in [0, 0.1) is 5.82 Å². The number of hydrogen-bond acceptors (Lipinski definition) is 2. The van der Waals surface area contributed by atoms with Gasteiger partial charge in [-0.25, -0.2) is 4.39 Å². The largest absolute Gasteiger partial charge is 0.354 e. The van der Waals surface area contributed by atoms with Gasteiger partial charge in [-0.05, 0) is 57.8 Å². The van der Waals surface area contributed by atoms with Gasteiger partial charge in [0.1, 0.15) is 5.82 Å². The molecule has 1 saturated heterocycles. The van der Waals surface area contributed by atoms with Crippen LogP contribution in [-0.2, 0) is 11.2 Å². The van der Waals surface area contributed by atoms with Crippen molar-refractivity contribution in [1.29, 1.82) is 0 Å². The fourth-order valence-electron chi connectivity index (χ4n) is 2.96. The molecule has 0 bridgehead atoms. The number of halogens is 1. The summed E-state index contributed by atoms with van der Waals surface area (Å²) in [5.74, 6) is -0.239. The number of aryl methyl sites for hydroxylation is 1. The summed E-state index contributed by atoms with van der Waals surface area (Å²) in [7, 11) is 0. The Kier molecular flexibility index (Phi) is 5.95. The highest BCUT2D eigenvalue weighted by molar-refractivity contribution is 5.76. The van der Waals surface area contributed by atoms with Gasteiger partial charge in [0.15, 0.2) is 0 Å². The highest BCUT2D eigenvalue weighted by atomic mass is 19.1. The molecular weight excluding hydrogens is 279 g/mol. The number of carbonyl (C=O) groups is 1. The van der Waals surface area contributed by atoms with Crippen LogP contribution in [0.5, 0.6) is 0 Å². The minimum atomic E-state index is -0.232. The quantitative estimate of drug-likeness (QED) is 0.875. The summed E-state index contributed by atoms with van der Waals surface area (Å²) in [6.45, 7) is 7.21. The van der Waals surface area contributed by atoms with Crippen LogP contribution in [-0.4, -0.2) is 36.0 Å². The third kappa shape index (κ3) is 4.80. The molecule has 3 nitrogen and oxygen atoms in total. The second kappa shape index (κ2) is 7.73. The zero-order chi connectivity index (χ0) is 16.0. The first-order valence-corrected chi connectivity index (χ1v) is 8.24. The number of amides is 1. The molecule has 0 radical (unpaired) electrons. The van der Waals surface area contributed by atoms with Crippen molar-refractivity contribution in [3.63, 3.8) is 0 Å². The van der Waals surface area contributed by atoms with E-state index in [9.17, 15) is 9.18 Å². The molecule has 1 aliphatic heterocycles. The lowest BCUT2D eigenvalue weighted by Crippen LogP contribution is -2.53. The molecule has 0 aliphatic carbocycles. The molecule has 1 N–H and O–H groups in total. The van der Waals surface area contributed by atoms with Gasteiger partial charge in [0, 0.05) is 18.5 Å². The molecule has 122 valence electrons. The van der Waals surface area contributed by atoms with Gasteiger partial charge < -0.3 is 5.32 Å². The maximum atomic E-state index is 13.5. The van der Waals surface area contributed by atoms with E-state index in [0.717, 1.165) is 13.1 Å². The van der Waals surface area contributed by atoms with Gasteiger partial charge in [-0.1, -0.05) is 24.6 Å². The van der Waals surface area contributed by atoms with Crippen molar-refractivity contribution in [1.82, 2.24) is 10.2 Å². The summed E-state index contributed by atoms with van der Waals surface area (Å²) in [5, 5.41) is 3.01. The number of nitrogens with zero attached hydrogens (tertiary/aromatic N) is 1. The predicted molar refractivity (Wildman–Crippen MR) is 87.2 cm³/mol. The van der Waals surface area contributed by atoms with Crippen molar-refractivity contribution < 1.29 is 9.18 Å². The van der Waals surface area contributed by atoms with Crippen LogP contribution in [0.2, 0.25) is 0 Å². The standard InChI is InChI=1S/C18H27FN2O/c1-18(2,21-12-6-3-7-13-21)14-20-17(22)11-10-15-8-4-5-9-16(15)19/h4-5,8-9H,3,6-7,10-14H2,1-2H3,(H,20,22). The van der Waals surface area contributed by atoms with Crippen molar-refractivity contribution >= 4 is 5.91 Å². The maximum Gasteiger partial charge on any atom is 0.220 e. The highest BCUT2D eigenvalue weighted by Gasteiger charge is 2.28. The van der Waals surface area contributed by atoms with Crippen molar-refractivity contribution in [3.8, 4) is 0 Å². The Balaban J connectivity index is 1.76. The molecule has 0 unspecified atom stereocenters. The smallest absolute Gasteiger partial charge is 0.220 e. The van der Waals surface area contributed by atoms with Crippen LogP contribution in [0.15, 0.2) is 24.3 Å². The Bertz CT molecular complexity index is 496. The van der Waals surface area contributed by atoms with Gasteiger partial charge in [-0.3, -0.25) is 9.69 Å². The highest BCUT2D eigenvalue weighted by Crippen LogP contribution is 2.19. The molecule has 0 aromatic heterocycles. The number of piperidine rings is 1. The van der Waals surface area contributed by atoms with E-state index >= 15 is 0 Å². The average molecular weight is 306 g/mol. The second-order valence-electron chi connectivity index (χ2n) is 6.73. The van der Waals surface area contributed by atoms with E-state index < -0.39 is 0 Å². The van der Waals surface area contributed by atoms with Gasteiger partial charge in [0.05, 0.1) is 0 Å². The summed E-state index contributed by atoms with van der Waals surface area (Å²) < 4.78 is 13.5. The molecular formula is C18H27FN2O. The van der Waals surface area contributed by atoms with E-state index in [2.05, 4.69) is 24.1 Å². The SMILES string of the molecule is CC(C)(CNC(=O)CCc1ccccc1F)N1CCCCC1. The molecule has 0 spiro atoms. The first-order chi connectivity index (χ1) is 10.5. The van der Waals surface area contributed by atoms with Crippen molar-refractivity contribution in [2.24, 2.45) is 0 Å². The van der Waals surface area contributed by atoms with Crippen LogP contribution in [0.25, 0.3) is 0 Å². The van der Waals surface area contributed by atoms with E-state index in [-0.39, 0.29) is 17.3 Å². The zero-order valence-corrected chi connectivity index (χ0v) is 13.7. The van der Waals surface area contributed by atoms with Gasteiger partial charge >= 0.3 is 0 Å². The fourth-order valence-corrected chi connectivity index (χ4v) is 2.96. The molecule has 2 rings (SSSR count). The van der Waals surface area contributed by atoms with Gasteiger partial charge in [0.2, 0.25) is 5.91 Å². The van der Waals surface area contributed by atoms with Crippen LogP contribution >= 0.6 is 0 Å². The Morgan fingerprint density at radius 3 is 2.59 bits per heavy atom. The predicted octanol–water partition coefficient (Wildman–Crippen LogP) is 3.14. The molecule has 1 amide bonds. The molecule has 1 aromatic rings. The third-order valence-electron chi connectivity index (χ3n) is 4.51. The van der Waals surface area contributed by atoms with Gasteiger partial charge in [-0.15, -0.1) is 0 Å². The Morgan fingerprint density at radius 2 is 1.91 bits per heavy atom. The minimum Gasteiger partial charge on any atom is -0.354 e. The molecule has 4 heteroatoms. The Hall–Kier alpha value is -1.42. The van der Waals surface area contributed by atoms with Crippen LogP contribution in [0.3, 0.4) is 0 Å². The third-order valence-corrected chi connectivity index (χ3v) is 4.51. The van der Waals surface area contributed by atoms with E-state index in [1.807, 2.05) is 0 Å². The minimum absolute atomic E-state index is 0.00617. The number of rotatable bonds is 6. The van der Waals surface area contributed by atoms with Crippen molar-refractivity contribution in [2.75, 3.05) is 19.6 Å². The molecule has 22 heavy (non-hydrogen) atoms. The number of nitrogens with one attached hydrogen (secondary N) is 1. The Morgan fingerprint density at radius 1 is 1.23 bits per heavy atom. The summed E-state index contributed by atoms with van der Waals surface area (Å²) in [4.78, 5) is 14.5. The van der Waals surface area contributed by atoms with E-state index in [1.165, 1.54) is 25.3 Å². The number of likely N-dealkylation sites (tertiary alicyclic amines) is 1. The number of benzene rings is 1. The average Bonchev–Trinajstić information content (AvgIpc) is 2.53. The lowest BCUT2D eigenvalue weighted by molar-refractivity contribution is -0.121. The lowest BCUT2D eigenvalue weighted by atomic mass is 9.98. The molecule has 1 fully saturated rings. The Labute approximate surface area is 132 Å². The summed E-state index contributed by atoms with van der Waals surface area (Å²) in [5.41, 5.74) is 0.585. The van der Waals surface area contributed by atoms with E-state index in [4.69, 9.17) is 0 Å². The number of carbonyl (C=O) groups excluding carboxylic acids is 1. The van der Waals surface area contributed by atoms with Crippen LogP contribution < -0.4 is 5.32 Å². The molecule has 0 saturated carbocycles. The number of hydrogen-bond donors (Lipinski definition) is 1. The first kappa shape index (κ1) is 16.9. The first-order valence-electron chi connectivity index (χ1n) is 8.24. The summed E-state index contributed by atoms with van der Waals surface area (Å²) >= 11 is 0. The van der Waals surface area contributed by atoms with E-state index in [1.54, 1.807) is 18.2 Å². The lowest BCUT2D eigenvalue weighted by Gasteiger charge is -2.41. The van der Waals surface area contributed by atoms with E-state index in [0.29, 0.717) is 24.9 Å². The molecule has 1 heterocycles. The topological polar surface area (TPSA) is 32.3 Å². The monoisotopic (exact) mass is 306 g/mol. The molecule has 0 atom stereocenters. The van der Waals surface area contributed by atoms with Gasteiger partial charge in [0.25, 0.3) is 0 Å². The molecule has 1 aliphatic rings. The van der Waals surface area contributed by atoms with Crippen LogP contribution in [0.4, 0.5) is 4.39 Å². The fraction of sp³-hybridized carbons (Fsp3) is 0.611. The molecule has 1 aromatic carbocycles. The van der Waals surface area contributed by atoms with Gasteiger partial charge in [-0.2, -0.15) is 0 Å². The van der Waals surface area contributed by atoms with Crippen molar-refractivity contribution in [3.05, 3.63) is 35.6 Å². The second-order valence-corrected chi connectivity index (χ2v) is 6.73. The van der Waals surface area contributed by atoms with Crippen molar-refractivity contribution in [2.45, 2.75) is 51.5 Å². The summed E-state index contributed by atoms with van der Waals surface area (Å²) in [6, 6.07) is 6.64. The van der Waals surface area contributed by atoms with Crippen LogP contribution in [0.1, 0.15) is 45.1 Å². The normalized spacial score (nSPS) is 16.5.